The van der Waals surface area contributed by atoms with Crippen molar-refractivity contribution in [3.8, 4) is 0 Å². The van der Waals surface area contributed by atoms with Crippen LogP contribution in [-0.2, 0) is 16.1 Å². The van der Waals surface area contributed by atoms with Gasteiger partial charge in [-0.1, -0.05) is 6.07 Å². The van der Waals surface area contributed by atoms with Gasteiger partial charge in [0.25, 0.3) is 0 Å². The van der Waals surface area contributed by atoms with Gasteiger partial charge >= 0.3 is 11.9 Å². The number of ether oxygens (including phenoxy) is 2. The molecule has 0 aliphatic carbocycles. The molecule has 0 unspecified atom stereocenters. The quantitative estimate of drug-likeness (QED) is 0.858. The molecule has 0 saturated carbocycles. The van der Waals surface area contributed by atoms with Gasteiger partial charge in [-0.2, -0.15) is 0 Å². The number of carbonyl (C=O) groups is 2. The molecule has 2 rings (SSSR count). The van der Waals surface area contributed by atoms with E-state index in [9.17, 15) is 9.59 Å². The summed E-state index contributed by atoms with van der Waals surface area (Å²) in [5.74, 6) is -0.973. The maximum absolute atomic E-state index is 12.2. The first-order valence-corrected chi connectivity index (χ1v) is 6.97. The second-order valence-corrected chi connectivity index (χ2v) is 4.74. The Morgan fingerprint density at radius 3 is 2.59 bits per heavy atom. The smallest absolute Gasteiger partial charge is 0.355 e. The zero-order valence-corrected chi connectivity index (χ0v) is 12.8. The SMILES string of the molecule is CCOC(=O)c1c(C)[nH]c(C(=O)OCc2ccccn2)c1C. The molecular formula is C16H18N2O4. The predicted molar refractivity (Wildman–Crippen MR) is 79.6 cm³/mol. The second kappa shape index (κ2) is 6.89. The van der Waals surface area contributed by atoms with E-state index in [1.54, 1.807) is 39.1 Å². The molecule has 0 radical (unpaired) electrons. The molecule has 6 heteroatoms. The minimum atomic E-state index is -0.526. The molecule has 0 saturated heterocycles. The van der Waals surface area contributed by atoms with Crippen LogP contribution in [0.1, 0.15) is 44.7 Å². The van der Waals surface area contributed by atoms with Gasteiger partial charge in [-0.15, -0.1) is 0 Å². The molecular weight excluding hydrogens is 284 g/mol. The zero-order chi connectivity index (χ0) is 16.1. The van der Waals surface area contributed by atoms with Gasteiger partial charge in [0.2, 0.25) is 0 Å². The van der Waals surface area contributed by atoms with Gasteiger partial charge in [0.05, 0.1) is 17.9 Å². The molecule has 0 atom stereocenters. The van der Waals surface area contributed by atoms with Gasteiger partial charge in [-0.3, -0.25) is 4.98 Å². The summed E-state index contributed by atoms with van der Waals surface area (Å²) in [4.78, 5) is 31.0. The van der Waals surface area contributed by atoms with Crippen LogP contribution in [-0.4, -0.2) is 28.5 Å². The molecule has 2 aromatic heterocycles. The maximum Gasteiger partial charge on any atom is 0.355 e. The number of esters is 2. The predicted octanol–water partition coefficient (Wildman–Crippen LogP) is 2.56. The highest BCUT2D eigenvalue weighted by molar-refractivity contribution is 5.98. The largest absolute Gasteiger partial charge is 0.462 e. The summed E-state index contributed by atoms with van der Waals surface area (Å²) in [7, 11) is 0. The number of rotatable bonds is 5. The van der Waals surface area contributed by atoms with E-state index in [4.69, 9.17) is 9.47 Å². The van der Waals surface area contributed by atoms with E-state index in [0.717, 1.165) is 0 Å². The average Bonchev–Trinajstić information content (AvgIpc) is 2.81. The van der Waals surface area contributed by atoms with Crippen molar-refractivity contribution < 1.29 is 19.1 Å². The molecule has 2 aromatic rings. The first kappa shape index (κ1) is 15.8. The Hall–Kier alpha value is -2.63. The number of hydrogen-bond acceptors (Lipinski definition) is 5. The fourth-order valence-corrected chi connectivity index (χ4v) is 2.16. The van der Waals surface area contributed by atoms with Crippen LogP contribution in [0.25, 0.3) is 0 Å². The van der Waals surface area contributed by atoms with Crippen molar-refractivity contribution in [2.24, 2.45) is 0 Å². The van der Waals surface area contributed by atoms with Gasteiger partial charge in [-0.25, -0.2) is 9.59 Å². The zero-order valence-electron chi connectivity index (χ0n) is 12.8. The summed E-state index contributed by atoms with van der Waals surface area (Å²) in [5, 5.41) is 0. The van der Waals surface area contributed by atoms with E-state index in [1.807, 2.05) is 6.07 Å². The van der Waals surface area contributed by atoms with Gasteiger partial charge < -0.3 is 14.5 Å². The minimum Gasteiger partial charge on any atom is -0.462 e. The highest BCUT2D eigenvalue weighted by atomic mass is 16.5. The Morgan fingerprint density at radius 1 is 1.18 bits per heavy atom. The third kappa shape index (κ3) is 3.33. The number of nitrogens with zero attached hydrogens (tertiary/aromatic N) is 1. The number of H-pyrrole nitrogens is 1. The first-order chi connectivity index (χ1) is 10.5. The normalized spacial score (nSPS) is 10.3. The van der Waals surface area contributed by atoms with E-state index in [1.165, 1.54) is 0 Å². The summed E-state index contributed by atoms with van der Waals surface area (Å²) in [6.45, 7) is 5.49. The number of aryl methyl sites for hydroxylation is 1. The lowest BCUT2D eigenvalue weighted by Crippen LogP contribution is -2.09. The fourth-order valence-electron chi connectivity index (χ4n) is 2.16. The van der Waals surface area contributed by atoms with Crippen molar-refractivity contribution in [1.82, 2.24) is 9.97 Å². The van der Waals surface area contributed by atoms with Crippen molar-refractivity contribution in [3.05, 3.63) is 52.6 Å². The van der Waals surface area contributed by atoms with Crippen LogP contribution in [0.3, 0.4) is 0 Å². The molecule has 0 amide bonds. The highest BCUT2D eigenvalue weighted by Gasteiger charge is 2.23. The lowest BCUT2D eigenvalue weighted by atomic mass is 10.1. The number of pyridine rings is 1. The third-order valence-electron chi connectivity index (χ3n) is 3.20. The van der Waals surface area contributed by atoms with Crippen LogP contribution in [0.2, 0.25) is 0 Å². The molecule has 0 aromatic carbocycles. The number of aromatic amines is 1. The second-order valence-electron chi connectivity index (χ2n) is 4.74. The Morgan fingerprint density at radius 2 is 1.95 bits per heavy atom. The Labute approximate surface area is 128 Å². The van der Waals surface area contributed by atoms with E-state index in [0.29, 0.717) is 22.5 Å². The summed E-state index contributed by atoms with van der Waals surface area (Å²) in [6, 6.07) is 5.37. The molecule has 0 fully saturated rings. The Bertz CT molecular complexity index is 677. The van der Waals surface area contributed by atoms with Crippen LogP contribution in [0.5, 0.6) is 0 Å². The average molecular weight is 302 g/mol. The van der Waals surface area contributed by atoms with Crippen LogP contribution >= 0.6 is 0 Å². The lowest BCUT2D eigenvalue weighted by molar-refractivity contribution is 0.0460. The summed E-state index contributed by atoms with van der Waals surface area (Å²) in [6.07, 6.45) is 1.63. The van der Waals surface area contributed by atoms with Crippen LogP contribution in [0, 0.1) is 13.8 Å². The summed E-state index contributed by atoms with van der Waals surface area (Å²) in [5.41, 5.74) is 2.41. The van der Waals surface area contributed by atoms with E-state index < -0.39 is 11.9 Å². The van der Waals surface area contributed by atoms with Crippen LogP contribution in [0.4, 0.5) is 0 Å². The van der Waals surface area contributed by atoms with Gasteiger partial charge in [0, 0.05) is 11.9 Å². The molecule has 0 aliphatic rings. The molecule has 0 aliphatic heterocycles. The summed E-state index contributed by atoms with van der Waals surface area (Å²) >= 11 is 0. The standard InChI is InChI=1S/C16H18N2O4/c1-4-21-15(19)13-10(2)14(18-11(13)3)16(20)22-9-12-7-5-6-8-17-12/h5-8,18H,4,9H2,1-3H3. The number of aromatic nitrogens is 2. The first-order valence-electron chi connectivity index (χ1n) is 6.97. The fraction of sp³-hybridized carbons (Fsp3) is 0.312. The van der Waals surface area contributed by atoms with Crippen LogP contribution in [0.15, 0.2) is 24.4 Å². The molecule has 22 heavy (non-hydrogen) atoms. The summed E-state index contributed by atoms with van der Waals surface area (Å²) < 4.78 is 10.2. The molecule has 0 bridgehead atoms. The van der Waals surface area contributed by atoms with Gasteiger partial charge in [-0.05, 0) is 38.5 Å². The van der Waals surface area contributed by atoms with Crippen molar-refractivity contribution in [1.29, 1.82) is 0 Å². The molecule has 1 N–H and O–H groups in total. The lowest BCUT2D eigenvalue weighted by Gasteiger charge is -2.04. The van der Waals surface area contributed by atoms with E-state index in [2.05, 4.69) is 9.97 Å². The maximum atomic E-state index is 12.2. The monoisotopic (exact) mass is 302 g/mol. The minimum absolute atomic E-state index is 0.0753. The molecule has 2 heterocycles. The third-order valence-corrected chi connectivity index (χ3v) is 3.20. The molecule has 6 nitrogen and oxygen atoms in total. The highest BCUT2D eigenvalue weighted by Crippen LogP contribution is 2.20. The van der Waals surface area contributed by atoms with Crippen molar-refractivity contribution >= 4 is 11.9 Å². The van der Waals surface area contributed by atoms with Gasteiger partial charge in [0.15, 0.2) is 0 Å². The van der Waals surface area contributed by atoms with Crippen molar-refractivity contribution in [2.45, 2.75) is 27.4 Å². The Kier molecular flexibility index (Phi) is 4.93. The number of hydrogen-bond donors (Lipinski definition) is 1. The van der Waals surface area contributed by atoms with Crippen LogP contribution < -0.4 is 0 Å². The topological polar surface area (TPSA) is 81.3 Å². The number of nitrogens with one attached hydrogen (secondary N) is 1. The van der Waals surface area contributed by atoms with E-state index in [-0.39, 0.29) is 18.9 Å². The van der Waals surface area contributed by atoms with Crippen molar-refractivity contribution in [3.63, 3.8) is 0 Å². The number of carbonyl (C=O) groups excluding carboxylic acids is 2. The molecule has 0 spiro atoms. The molecule has 116 valence electrons. The van der Waals surface area contributed by atoms with E-state index >= 15 is 0 Å². The Balaban J connectivity index is 2.13. The van der Waals surface area contributed by atoms with Gasteiger partial charge in [0.1, 0.15) is 12.3 Å². The van der Waals surface area contributed by atoms with Crippen molar-refractivity contribution in [2.75, 3.05) is 6.61 Å².